The Hall–Kier alpha value is -1.73. The summed E-state index contributed by atoms with van der Waals surface area (Å²) in [5.41, 5.74) is 4.38. The third-order valence-corrected chi connectivity index (χ3v) is 6.55. The Morgan fingerprint density at radius 2 is 1.56 bits per heavy atom. The summed E-state index contributed by atoms with van der Waals surface area (Å²) < 4.78 is 0. The van der Waals surface area contributed by atoms with Crippen LogP contribution in [0.1, 0.15) is 43.0 Å². The minimum Gasteiger partial charge on any atom is -0.550 e. The number of hydrogen-bond acceptors (Lipinski definition) is 5. The average molecular weight is 459 g/mol. The molecule has 4 nitrogen and oxygen atoms in total. The average Bonchev–Trinajstić information content (AvgIpc) is 3.12. The first-order valence-electron chi connectivity index (χ1n) is 10.4. The molecule has 0 bridgehead atoms. The fourth-order valence-corrected chi connectivity index (χ4v) is 4.90. The zero-order valence-corrected chi connectivity index (χ0v) is 21.5. The first-order chi connectivity index (χ1) is 14.9. The van der Waals surface area contributed by atoms with Crippen LogP contribution in [-0.4, -0.2) is 28.4 Å². The van der Waals surface area contributed by atoms with E-state index in [0.29, 0.717) is 0 Å². The van der Waals surface area contributed by atoms with Gasteiger partial charge in [0.15, 0.2) is 0 Å². The van der Waals surface area contributed by atoms with E-state index >= 15 is 0 Å². The number of aliphatic hydroxyl groups is 2. The Bertz CT molecular complexity index is 1030. The molecule has 2 aromatic carbocycles. The number of benzene rings is 2. The molecular formula is C26H27NaO4S. The van der Waals surface area contributed by atoms with E-state index in [9.17, 15) is 20.1 Å². The molecule has 0 fully saturated rings. The van der Waals surface area contributed by atoms with Crippen molar-refractivity contribution in [2.24, 2.45) is 0 Å². The van der Waals surface area contributed by atoms with Crippen molar-refractivity contribution in [2.75, 3.05) is 0 Å². The number of carbonyl (C=O) groups excluding carboxylic acids is 1. The number of rotatable bonds is 9. The molecule has 0 saturated carbocycles. The predicted molar refractivity (Wildman–Crippen MR) is 125 cm³/mol. The van der Waals surface area contributed by atoms with Gasteiger partial charge in [0.1, 0.15) is 0 Å². The first kappa shape index (κ1) is 26.5. The zero-order valence-electron chi connectivity index (χ0n) is 18.7. The number of carboxylic acid groups (broad SMARTS) is 1. The van der Waals surface area contributed by atoms with Crippen LogP contribution in [0, 0.1) is 0 Å². The van der Waals surface area contributed by atoms with Gasteiger partial charge >= 0.3 is 29.6 Å². The van der Waals surface area contributed by atoms with Crippen molar-refractivity contribution in [1.82, 2.24) is 0 Å². The second kappa shape index (κ2) is 12.5. The van der Waals surface area contributed by atoms with Gasteiger partial charge in [0.2, 0.25) is 0 Å². The predicted octanol–water partition coefficient (Wildman–Crippen LogP) is 1.47. The summed E-state index contributed by atoms with van der Waals surface area (Å²) in [4.78, 5) is 13.0. The summed E-state index contributed by atoms with van der Waals surface area (Å²) >= 11 is 1.75. The summed E-state index contributed by atoms with van der Waals surface area (Å²) in [7, 11) is 0. The van der Waals surface area contributed by atoms with Crippen molar-refractivity contribution in [3.05, 3.63) is 77.2 Å². The molecule has 0 amide bonds. The van der Waals surface area contributed by atoms with E-state index in [0.717, 1.165) is 22.3 Å². The molecule has 0 spiro atoms. The fraction of sp³-hybridized carbons (Fsp3) is 0.269. The van der Waals surface area contributed by atoms with E-state index in [-0.39, 0.29) is 41.9 Å². The first-order valence-corrected chi connectivity index (χ1v) is 11.2. The number of aliphatic hydroxyl groups excluding tert-OH is 2. The summed E-state index contributed by atoms with van der Waals surface area (Å²) in [6.45, 7) is 4.29. The third kappa shape index (κ3) is 6.88. The summed E-state index contributed by atoms with van der Waals surface area (Å²) in [5, 5.41) is 30.8. The normalized spacial score (nSPS) is 13.2. The van der Waals surface area contributed by atoms with E-state index in [4.69, 9.17) is 0 Å². The molecule has 0 aliphatic carbocycles. The minimum atomic E-state index is -1.33. The Balaban J connectivity index is 0.00000363. The van der Waals surface area contributed by atoms with Gasteiger partial charge in [-0.3, -0.25) is 0 Å². The van der Waals surface area contributed by atoms with E-state index in [1.165, 1.54) is 9.75 Å². The van der Waals surface area contributed by atoms with Gasteiger partial charge in [-0.05, 0) is 22.6 Å². The number of carbonyl (C=O) groups is 1. The van der Waals surface area contributed by atoms with Gasteiger partial charge in [-0.25, -0.2) is 0 Å². The molecule has 6 heteroatoms. The molecule has 0 aliphatic rings. The van der Waals surface area contributed by atoms with Crippen LogP contribution in [0.25, 0.3) is 27.6 Å². The van der Waals surface area contributed by atoms with Gasteiger partial charge in [0, 0.05) is 34.1 Å². The molecular weight excluding hydrogens is 431 g/mol. The quantitative estimate of drug-likeness (QED) is 0.476. The van der Waals surface area contributed by atoms with Crippen molar-refractivity contribution in [3.8, 4) is 21.6 Å². The summed E-state index contributed by atoms with van der Waals surface area (Å²) in [5.74, 6) is -1.05. The fourth-order valence-electron chi connectivity index (χ4n) is 3.58. The van der Waals surface area contributed by atoms with Gasteiger partial charge in [-0.2, -0.15) is 0 Å². The van der Waals surface area contributed by atoms with Crippen molar-refractivity contribution < 1.29 is 49.7 Å². The largest absolute Gasteiger partial charge is 1.00 e. The van der Waals surface area contributed by atoms with Crippen LogP contribution in [0.4, 0.5) is 0 Å². The minimum absolute atomic E-state index is 0. The van der Waals surface area contributed by atoms with Crippen LogP contribution < -0.4 is 34.7 Å². The van der Waals surface area contributed by atoms with E-state index in [2.05, 4.69) is 38.1 Å². The number of carboxylic acids is 1. The Labute approximate surface area is 215 Å². The SMILES string of the molecule is CC(C)c1sc(-c2ccccc2)c(-c2ccccc2)c1/C=C/C(O)CC(O)CC(=O)[O-].[Na+]. The van der Waals surface area contributed by atoms with Gasteiger partial charge in [-0.1, -0.05) is 86.7 Å². The number of hydrogen-bond donors (Lipinski definition) is 2. The van der Waals surface area contributed by atoms with Crippen LogP contribution in [0.15, 0.2) is 66.7 Å². The molecule has 0 saturated heterocycles. The van der Waals surface area contributed by atoms with Crippen LogP contribution in [0.5, 0.6) is 0 Å². The molecule has 2 N–H and O–H groups in total. The molecule has 0 aliphatic heterocycles. The van der Waals surface area contributed by atoms with Crippen molar-refractivity contribution in [2.45, 2.75) is 44.8 Å². The molecule has 1 heterocycles. The number of thiophene rings is 1. The summed E-state index contributed by atoms with van der Waals surface area (Å²) in [6.07, 6.45) is 0.875. The zero-order chi connectivity index (χ0) is 22.4. The van der Waals surface area contributed by atoms with Gasteiger partial charge in [0.05, 0.1) is 12.2 Å². The second-order valence-corrected chi connectivity index (χ2v) is 8.92. The van der Waals surface area contributed by atoms with Crippen molar-refractivity contribution >= 4 is 23.4 Å². The van der Waals surface area contributed by atoms with Crippen molar-refractivity contribution in [1.29, 1.82) is 0 Å². The number of aliphatic carboxylic acids is 1. The van der Waals surface area contributed by atoms with Crippen molar-refractivity contribution in [3.63, 3.8) is 0 Å². The maximum absolute atomic E-state index is 10.7. The third-order valence-electron chi connectivity index (χ3n) is 5.00. The van der Waals surface area contributed by atoms with E-state index in [1.807, 2.05) is 42.5 Å². The molecule has 1 aromatic heterocycles. The van der Waals surface area contributed by atoms with Crippen LogP contribution in [0.3, 0.4) is 0 Å². The molecule has 3 rings (SSSR count). The smallest absolute Gasteiger partial charge is 0.550 e. The van der Waals surface area contributed by atoms with Gasteiger partial charge in [-0.15, -0.1) is 11.3 Å². The van der Waals surface area contributed by atoms with E-state index in [1.54, 1.807) is 17.4 Å². The van der Waals surface area contributed by atoms with E-state index < -0.39 is 24.6 Å². The molecule has 32 heavy (non-hydrogen) atoms. The van der Waals surface area contributed by atoms with Gasteiger partial charge < -0.3 is 20.1 Å². The summed E-state index contributed by atoms with van der Waals surface area (Å²) in [6, 6.07) is 20.4. The molecule has 3 aromatic rings. The Morgan fingerprint density at radius 1 is 1.00 bits per heavy atom. The molecule has 2 atom stereocenters. The van der Waals surface area contributed by atoms with Crippen LogP contribution >= 0.6 is 11.3 Å². The molecule has 2 unspecified atom stereocenters. The molecule has 162 valence electrons. The maximum atomic E-state index is 10.7. The maximum Gasteiger partial charge on any atom is 1.00 e. The molecule has 0 radical (unpaired) electrons. The van der Waals surface area contributed by atoms with Crippen LogP contribution in [-0.2, 0) is 4.79 Å². The Kier molecular flexibility index (Phi) is 10.4. The van der Waals surface area contributed by atoms with Crippen LogP contribution in [0.2, 0.25) is 0 Å². The Morgan fingerprint density at radius 3 is 2.09 bits per heavy atom. The van der Waals surface area contributed by atoms with Gasteiger partial charge in [0.25, 0.3) is 0 Å². The second-order valence-electron chi connectivity index (χ2n) is 7.86. The monoisotopic (exact) mass is 458 g/mol. The standard InChI is InChI=1S/C26H28O4S.Na/c1-17(2)25-22(14-13-20(27)15-21(28)16-23(29)30)24(18-9-5-3-6-10-18)26(31-25)19-11-7-4-8-12-19;/h3-14,17,20-21,27-28H,15-16H2,1-2H3,(H,29,30);/q;+1/p-1/b14-13+;. The topological polar surface area (TPSA) is 80.6 Å².